The molecule has 0 heterocycles. The number of benzene rings is 2. The maximum absolute atomic E-state index is 12.9. The van der Waals surface area contributed by atoms with Gasteiger partial charge in [0, 0.05) is 11.7 Å². The molecule has 2 rings (SSSR count). The van der Waals surface area contributed by atoms with E-state index in [2.05, 4.69) is 4.72 Å². The largest absolute Gasteiger partial charge is 0.324 e. The predicted octanol–water partition coefficient (Wildman–Crippen LogP) is 2.44. The lowest BCUT2D eigenvalue weighted by atomic mass is 9.99. The highest BCUT2D eigenvalue weighted by Gasteiger charge is 2.09. The lowest BCUT2D eigenvalue weighted by Crippen LogP contribution is -2.14. The van der Waals surface area contributed by atoms with Crippen LogP contribution in [0.25, 0.3) is 0 Å². The quantitative estimate of drug-likeness (QED) is 0.891. The van der Waals surface area contributed by atoms with Crippen molar-refractivity contribution in [2.45, 2.75) is 12.5 Å². The topological polar surface area (TPSA) is 72.2 Å². The van der Waals surface area contributed by atoms with Gasteiger partial charge >= 0.3 is 0 Å². The summed E-state index contributed by atoms with van der Waals surface area (Å²) in [5.41, 5.74) is 8.33. The third-order valence-electron chi connectivity index (χ3n) is 2.98. The van der Waals surface area contributed by atoms with E-state index in [0.717, 1.165) is 17.4 Å². The Labute approximate surface area is 123 Å². The summed E-state index contributed by atoms with van der Waals surface area (Å²) in [4.78, 5) is 0. The zero-order chi connectivity index (χ0) is 15.5. The molecule has 0 spiro atoms. The third kappa shape index (κ3) is 4.84. The van der Waals surface area contributed by atoms with Gasteiger partial charge in [0.2, 0.25) is 10.0 Å². The number of anilines is 1. The number of hydrogen-bond acceptors (Lipinski definition) is 3. The zero-order valence-electron chi connectivity index (χ0n) is 11.6. The molecule has 0 amide bonds. The summed E-state index contributed by atoms with van der Waals surface area (Å²) in [6.45, 7) is 0. The van der Waals surface area contributed by atoms with Crippen LogP contribution in [-0.2, 0) is 16.4 Å². The molecule has 0 bridgehead atoms. The van der Waals surface area contributed by atoms with E-state index in [-0.39, 0.29) is 11.9 Å². The fourth-order valence-corrected chi connectivity index (χ4v) is 2.61. The average Bonchev–Trinajstić information content (AvgIpc) is 2.37. The Morgan fingerprint density at radius 3 is 2.48 bits per heavy atom. The van der Waals surface area contributed by atoms with Crippen LogP contribution >= 0.6 is 0 Å². The van der Waals surface area contributed by atoms with Gasteiger partial charge in [0.25, 0.3) is 0 Å². The predicted molar refractivity (Wildman–Crippen MR) is 81.9 cm³/mol. The molecule has 1 atom stereocenters. The van der Waals surface area contributed by atoms with E-state index in [1.54, 1.807) is 30.3 Å². The van der Waals surface area contributed by atoms with Gasteiger partial charge in [-0.1, -0.05) is 24.3 Å². The van der Waals surface area contributed by atoms with Crippen molar-refractivity contribution in [3.05, 3.63) is 65.5 Å². The standard InChI is InChI=1S/C15H17FN2O2S/c1-21(19,20)18-14-4-2-3-11(9-14)10-15(17)12-5-7-13(16)8-6-12/h2-9,15,18H,10,17H2,1H3. The van der Waals surface area contributed by atoms with E-state index >= 15 is 0 Å². The molecule has 0 aliphatic carbocycles. The fourth-order valence-electron chi connectivity index (χ4n) is 2.06. The summed E-state index contributed by atoms with van der Waals surface area (Å²) in [7, 11) is -3.30. The Morgan fingerprint density at radius 2 is 1.86 bits per heavy atom. The van der Waals surface area contributed by atoms with Gasteiger partial charge in [0.15, 0.2) is 0 Å². The Bertz CT molecular complexity index is 715. The summed E-state index contributed by atoms with van der Waals surface area (Å²) in [5, 5.41) is 0. The molecule has 21 heavy (non-hydrogen) atoms. The van der Waals surface area contributed by atoms with Crippen LogP contribution in [0.4, 0.5) is 10.1 Å². The molecule has 3 N–H and O–H groups in total. The SMILES string of the molecule is CS(=O)(=O)Nc1cccc(CC(N)c2ccc(F)cc2)c1. The summed E-state index contributed by atoms with van der Waals surface area (Å²) in [6, 6.07) is 12.8. The molecule has 0 fully saturated rings. The van der Waals surface area contributed by atoms with Gasteiger partial charge < -0.3 is 5.73 Å². The van der Waals surface area contributed by atoms with Crippen molar-refractivity contribution in [2.24, 2.45) is 5.73 Å². The van der Waals surface area contributed by atoms with Gasteiger partial charge in [-0.25, -0.2) is 12.8 Å². The van der Waals surface area contributed by atoms with Gasteiger partial charge in [0.1, 0.15) is 5.82 Å². The lowest BCUT2D eigenvalue weighted by molar-refractivity contribution is 0.607. The van der Waals surface area contributed by atoms with Crippen LogP contribution in [0.3, 0.4) is 0 Å². The smallest absolute Gasteiger partial charge is 0.229 e. The molecular weight excluding hydrogens is 291 g/mol. The van der Waals surface area contributed by atoms with Crippen molar-refractivity contribution in [1.29, 1.82) is 0 Å². The molecule has 2 aromatic rings. The molecule has 0 saturated carbocycles. The summed E-state index contributed by atoms with van der Waals surface area (Å²) < 4.78 is 37.7. The number of nitrogens with one attached hydrogen (secondary N) is 1. The molecule has 0 aliphatic heterocycles. The normalized spacial score (nSPS) is 12.9. The van der Waals surface area contributed by atoms with E-state index in [4.69, 9.17) is 5.73 Å². The molecule has 2 aromatic carbocycles. The fraction of sp³-hybridized carbons (Fsp3) is 0.200. The summed E-state index contributed by atoms with van der Waals surface area (Å²) in [6.07, 6.45) is 1.63. The number of hydrogen-bond donors (Lipinski definition) is 2. The van der Waals surface area contributed by atoms with E-state index in [0.29, 0.717) is 12.1 Å². The first-order valence-electron chi connectivity index (χ1n) is 6.41. The first-order valence-corrected chi connectivity index (χ1v) is 8.30. The summed E-state index contributed by atoms with van der Waals surface area (Å²) >= 11 is 0. The first kappa shape index (κ1) is 15.5. The van der Waals surface area contributed by atoms with Crippen molar-refractivity contribution < 1.29 is 12.8 Å². The van der Waals surface area contributed by atoms with E-state index in [1.807, 2.05) is 6.07 Å². The van der Waals surface area contributed by atoms with Crippen molar-refractivity contribution in [1.82, 2.24) is 0 Å². The van der Waals surface area contributed by atoms with E-state index < -0.39 is 10.0 Å². The number of sulfonamides is 1. The molecular formula is C15H17FN2O2S. The van der Waals surface area contributed by atoms with Gasteiger partial charge in [0.05, 0.1) is 6.26 Å². The van der Waals surface area contributed by atoms with Crippen LogP contribution in [0.15, 0.2) is 48.5 Å². The second-order valence-corrected chi connectivity index (χ2v) is 6.69. The molecule has 0 aliphatic rings. The van der Waals surface area contributed by atoms with Gasteiger partial charge in [-0.15, -0.1) is 0 Å². The number of nitrogens with two attached hydrogens (primary N) is 1. The van der Waals surface area contributed by atoms with E-state index in [1.165, 1.54) is 12.1 Å². The maximum atomic E-state index is 12.9. The van der Waals surface area contributed by atoms with Crippen molar-refractivity contribution in [2.75, 3.05) is 11.0 Å². The molecule has 0 aromatic heterocycles. The Kier molecular flexibility index (Phi) is 4.59. The van der Waals surface area contributed by atoms with Gasteiger partial charge in [-0.3, -0.25) is 4.72 Å². The second kappa shape index (κ2) is 6.24. The lowest BCUT2D eigenvalue weighted by Gasteiger charge is -2.13. The van der Waals surface area contributed by atoms with E-state index in [9.17, 15) is 12.8 Å². The minimum absolute atomic E-state index is 0.279. The number of halogens is 1. The van der Waals surface area contributed by atoms with Crippen LogP contribution in [0.5, 0.6) is 0 Å². The third-order valence-corrected chi connectivity index (χ3v) is 3.59. The Morgan fingerprint density at radius 1 is 1.19 bits per heavy atom. The first-order chi connectivity index (χ1) is 9.83. The van der Waals surface area contributed by atoms with Crippen LogP contribution in [-0.4, -0.2) is 14.7 Å². The Hall–Kier alpha value is -1.92. The minimum Gasteiger partial charge on any atom is -0.324 e. The molecule has 4 nitrogen and oxygen atoms in total. The molecule has 0 saturated heterocycles. The number of rotatable bonds is 5. The van der Waals surface area contributed by atoms with Crippen molar-refractivity contribution in [3.8, 4) is 0 Å². The zero-order valence-corrected chi connectivity index (χ0v) is 12.4. The molecule has 112 valence electrons. The van der Waals surface area contributed by atoms with Crippen LogP contribution in [0, 0.1) is 5.82 Å². The molecule has 6 heteroatoms. The summed E-state index contributed by atoms with van der Waals surface area (Å²) in [5.74, 6) is -0.301. The monoisotopic (exact) mass is 308 g/mol. The minimum atomic E-state index is -3.30. The van der Waals surface area contributed by atoms with Crippen LogP contribution in [0.1, 0.15) is 17.2 Å². The highest BCUT2D eigenvalue weighted by molar-refractivity contribution is 7.92. The maximum Gasteiger partial charge on any atom is 0.229 e. The molecule has 1 unspecified atom stereocenters. The highest BCUT2D eigenvalue weighted by Crippen LogP contribution is 2.19. The Balaban J connectivity index is 2.12. The highest BCUT2D eigenvalue weighted by atomic mass is 32.2. The molecule has 0 radical (unpaired) electrons. The average molecular weight is 308 g/mol. The van der Waals surface area contributed by atoms with Crippen molar-refractivity contribution in [3.63, 3.8) is 0 Å². The van der Waals surface area contributed by atoms with Gasteiger partial charge in [-0.2, -0.15) is 0 Å². The van der Waals surface area contributed by atoms with Crippen molar-refractivity contribution >= 4 is 15.7 Å². The van der Waals surface area contributed by atoms with Crippen LogP contribution < -0.4 is 10.5 Å². The second-order valence-electron chi connectivity index (χ2n) is 4.94. The van der Waals surface area contributed by atoms with Gasteiger partial charge in [-0.05, 0) is 41.8 Å². The van der Waals surface area contributed by atoms with Crippen LogP contribution in [0.2, 0.25) is 0 Å².